The van der Waals surface area contributed by atoms with E-state index in [1.165, 1.54) is 32.1 Å². The summed E-state index contributed by atoms with van der Waals surface area (Å²) in [6, 6.07) is 0. The molecule has 0 aromatic rings. The number of hydrogen-bond donors (Lipinski definition) is 3. The quantitative estimate of drug-likeness (QED) is 0.586. The molecule has 4 fully saturated rings. The number of likely N-dealkylation sites (tertiary alicyclic amines) is 1. The van der Waals surface area contributed by atoms with Crippen LogP contribution < -0.4 is 0 Å². The number of hydrogen-bond acceptors (Lipinski definition) is 4. The molecule has 1 saturated heterocycles. The van der Waals surface area contributed by atoms with Crippen LogP contribution in [0.25, 0.3) is 0 Å². The Hall–Kier alpha value is -0.940. The number of fused-ring (bicyclic) bond motifs is 1. The molecule has 0 bridgehead atoms. The average molecular weight is 430 g/mol. The van der Waals surface area contributed by atoms with Crippen molar-refractivity contribution in [3.8, 4) is 0 Å². The van der Waals surface area contributed by atoms with Gasteiger partial charge in [-0.05, 0) is 87.0 Å². The Kier molecular flexibility index (Phi) is 6.58. The molecule has 0 aromatic heterocycles. The Morgan fingerprint density at radius 2 is 1.84 bits per heavy atom. The van der Waals surface area contributed by atoms with Gasteiger partial charge in [-0.15, -0.1) is 0 Å². The molecule has 0 amide bonds. The minimum absolute atomic E-state index is 0.365. The SMILES string of the molecule is C=C1[C@H](O)CC(=CC=C2CCC[C@]3(C)[C@@H]([C@H](C)CN4CC[C@](C)(O)C4)CC[C@@H]23)C[C@@H]1O. The van der Waals surface area contributed by atoms with Gasteiger partial charge in [0.15, 0.2) is 0 Å². The number of rotatable bonds is 4. The maximum Gasteiger partial charge on any atom is 0.0809 e. The number of allylic oxidation sites excluding steroid dienone is 3. The minimum atomic E-state index is -0.618. The van der Waals surface area contributed by atoms with Crippen LogP contribution in [0.1, 0.15) is 72.1 Å². The lowest BCUT2D eigenvalue weighted by atomic mass is 9.61. The van der Waals surface area contributed by atoms with E-state index in [1.807, 2.05) is 6.92 Å². The number of aliphatic hydroxyl groups excluding tert-OH is 2. The predicted octanol–water partition coefficient (Wildman–Crippen LogP) is 4.22. The van der Waals surface area contributed by atoms with Gasteiger partial charge >= 0.3 is 0 Å². The monoisotopic (exact) mass is 429 g/mol. The largest absolute Gasteiger partial charge is 0.389 e. The van der Waals surface area contributed by atoms with Crippen LogP contribution in [0.3, 0.4) is 0 Å². The summed E-state index contributed by atoms with van der Waals surface area (Å²) in [5.74, 6) is 2.04. The van der Waals surface area contributed by atoms with Crippen LogP contribution >= 0.6 is 0 Å². The van der Waals surface area contributed by atoms with E-state index in [-0.39, 0.29) is 0 Å². The van der Waals surface area contributed by atoms with Crippen molar-refractivity contribution in [2.75, 3.05) is 19.6 Å². The van der Waals surface area contributed by atoms with Crippen molar-refractivity contribution in [3.63, 3.8) is 0 Å². The molecule has 174 valence electrons. The Morgan fingerprint density at radius 1 is 1.13 bits per heavy atom. The van der Waals surface area contributed by atoms with Crippen molar-refractivity contribution in [1.82, 2.24) is 4.90 Å². The molecule has 0 aromatic carbocycles. The van der Waals surface area contributed by atoms with Crippen LogP contribution in [-0.2, 0) is 0 Å². The Balaban J connectivity index is 1.44. The zero-order chi connectivity index (χ0) is 22.4. The minimum Gasteiger partial charge on any atom is -0.389 e. The Bertz CT molecular complexity index is 738. The van der Waals surface area contributed by atoms with Crippen LogP contribution in [-0.4, -0.2) is 57.7 Å². The van der Waals surface area contributed by atoms with Crippen molar-refractivity contribution in [2.24, 2.45) is 23.2 Å². The zero-order valence-electron chi connectivity index (χ0n) is 19.8. The summed E-state index contributed by atoms with van der Waals surface area (Å²) in [6.45, 7) is 13.7. The summed E-state index contributed by atoms with van der Waals surface area (Å²) >= 11 is 0. The third kappa shape index (κ3) is 4.73. The van der Waals surface area contributed by atoms with Crippen molar-refractivity contribution in [2.45, 2.75) is 89.9 Å². The van der Waals surface area contributed by atoms with Gasteiger partial charge in [-0.2, -0.15) is 0 Å². The van der Waals surface area contributed by atoms with Gasteiger partial charge in [0.25, 0.3) is 0 Å². The van der Waals surface area contributed by atoms with Gasteiger partial charge in [0, 0.05) is 19.6 Å². The summed E-state index contributed by atoms with van der Waals surface area (Å²) in [4.78, 5) is 2.47. The first-order valence-electron chi connectivity index (χ1n) is 12.5. The normalized spacial score (nSPS) is 45.4. The molecule has 1 heterocycles. The molecule has 0 spiro atoms. The highest BCUT2D eigenvalue weighted by Gasteiger charge is 2.51. The van der Waals surface area contributed by atoms with Crippen molar-refractivity contribution in [3.05, 3.63) is 35.5 Å². The second kappa shape index (κ2) is 8.78. The molecule has 3 saturated carbocycles. The van der Waals surface area contributed by atoms with E-state index in [0.717, 1.165) is 37.5 Å². The lowest BCUT2D eigenvalue weighted by molar-refractivity contribution is 0.0549. The summed E-state index contributed by atoms with van der Waals surface area (Å²) in [6.07, 6.45) is 11.7. The average Bonchev–Trinajstić information content (AvgIpc) is 3.22. The smallest absolute Gasteiger partial charge is 0.0809 e. The first kappa shape index (κ1) is 23.2. The van der Waals surface area contributed by atoms with E-state index in [1.54, 1.807) is 5.57 Å². The fraction of sp³-hybridized carbons (Fsp3) is 0.778. The molecular formula is C27H43NO3. The fourth-order valence-electron chi connectivity index (χ4n) is 7.37. The topological polar surface area (TPSA) is 63.9 Å². The van der Waals surface area contributed by atoms with Crippen LogP contribution in [0, 0.1) is 23.2 Å². The van der Waals surface area contributed by atoms with E-state index >= 15 is 0 Å². The van der Waals surface area contributed by atoms with E-state index in [0.29, 0.717) is 35.7 Å². The van der Waals surface area contributed by atoms with Gasteiger partial charge in [0.1, 0.15) is 0 Å². The lowest BCUT2D eigenvalue weighted by Gasteiger charge is -2.45. The highest BCUT2D eigenvalue weighted by Crippen LogP contribution is 2.59. The third-order valence-corrected chi connectivity index (χ3v) is 9.10. The van der Waals surface area contributed by atoms with E-state index in [4.69, 9.17) is 0 Å². The highest BCUT2D eigenvalue weighted by molar-refractivity contribution is 5.29. The molecule has 4 nitrogen and oxygen atoms in total. The molecular weight excluding hydrogens is 386 g/mol. The second-order valence-electron chi connectivity index (χ2n) is 11.6. The predicted molar refractivity (Wildman–Crippen MR) is 126 cm³/mol. The Labute approximate surface area is 188 Å². The molecule has 0 unspecified atom stereocenters. The molecule has 31 heavy (non-hydrogen) atoms. The molecule has 4 rings (SSSR count). The number of aliphatic hydroxyl groups is 3. The summed E-state index contributed by atoms with van der Waals surface area (Å²) in [7, 11) is 0. The van der Waals surface area contributed by atoms with Gasteiger partial charge in [-0.3, -0.25) is 0 Å². The summed E-state index contributed by atoms with van der Waals surface area (Å²) in [5.41, 5.74) is 3.12. The molecule has 4 heteroatoms. The zero-order valence-corrected chi connectivity index (χ0v) is 19.8. The molecule has 4 aliphatic rings. The Morgan fingerprint density at radius 3 is 2.48 bits per heavy atom. The van der Waals surface area contributed by atoms with Crippen LogP contribution in [0.4, 0.5) is 0 Å². The van der Waals surface area contributed by atoms with E-state index in [2.05, 4.69) is 37.5 Å². The first-order chi connectivity index (χ1) is 14.6. The van der Waals surface area contributed by atoms with Gasteiger partial charge in [0.05, 0.1) is 17.8 Å². The van der Waals surface area contributed by atoms with E-state index < -0.39 is 17.8 Å². The lowest BCUT2D eigenvalue weighted by Crippen LogP contribution is -2.40. The van der Waals surface area contributed by atoms with Crippen LogP contribution in [0.5, 0.6) is 0 Å². The van der Waals surface area contributed by atoms with Crippen LogP contribution in [0.2, 0.25) is 0 Å². The number of β-amino-alcohol motifs (C(OH)–C–C–N with tert-alkyl or cyclic N) is 1. The van der Waals surface area contributed by atoms with Gasteiger partial charge in [-0.1, -0.05) is 43.7 Å². The molecule has 3 aliphatic carbocycles. The molecule has 0 radical (unpaired) electrons. The van der Waals surface area contributed by atoms with Crippen molar-refractivity contribution in [1.29, 1.82) is 0 Å². The fourth-order valence-corrected chi connectivity index (χ4v) is 7.37. The highest BCUT2D eigenvalue weighted by atomic mass is 16.3. The number of nitrogens with zero attached hydrogens (tertiary/aromatic N) is 1. The third-order valence-electron chi connectivity index (χ3n) is 9.10. The molecule has 1 aliphatic heterocycles. The van der Waals surface area contributed by atoms with Crippen molar-refractivity contribution >= 4 is 0 Å². The van der Waals surface area contributed by atoms with Gasteiger partial charge in [-0.25, -0.2) is 0 Å². The van der Waals surface area contributed by atoms with Gasteiger partial charge < -0.3 is 20.2 Å². The van der Waals surface area contributed by atoms with Crippen LogP contribution in [0.15, 0.2) is 35.5 Å². The van der Waals surface area contributed by atoms with Gasteiger partial charge in [0.2, 0.25) is 0 Å². The summed E-state index contributed by atoms with van der Waals surface area (Å²) < 4.78 is 0. The molecule has 7 atom stereocenters. The van der Waals surface area contributed by atoms with Crippen molar-refractivity contribution < 1.29 is 15.3 Å². The second-order valence-corrected chi connectivity index (χ2v) is 11.6. The first-order valence-corrected chi connectivity index (χ1v) is 12.5. The maximum absolute atomic E-state index is 10.3. The maximum atomic E-state index is 10.3. The van der Waals surface area contributed by atoms with E-state index in [9.17, 15) is 15.3 Å². The summed E-state index contributed by atoms with van der Waals surface area (Å²) in [5, 5.41) is 30.6. The standard InChI is InChI=1S/C27H43NO3/c1-18(16-28-13-12-26(3,31)17-28)22-9-10-23-21(6-5-11-27(22,23)4)8-7-20-14-24(29)19(2)25(30)15-20/h7-8,18,22-25,29-31H,2,5-6,9-17H2,1,3-4H3/t18-,22-,23+,24-,25+,26+,27-/m1/s1. The molecule has 3 N–H and O–H groups in total.